The number of benzene rings is 1. The molecule has 1 saturated heterocycles. The number of hydrogen-bond acceptors (Lipinski definition) is 4. The van der Waals surface area contributed by atoms with Gasteiger partial charge >= 0.3 is 0 Å². The number of amides is 1. The lowest BCUT2D eigenvalue weighted by Crippen LogP contribution is -2.56. The molecule has 25 heavy (non-hydrogen) atoms. The maximum absolute atomic E-state index is 11.7. The molecule has 1 amide bonds. The van der Waals surface area contributed by atoms with Gasteiger partial charge in [-0.25, -0.2) is 0 Å². The highest BCUT2D eigenvalue weighted by atomic mass is 16.5. The van der Waals surface area contributed by atoms with E-state index in [1.54, 1.807) is 6.92 Å². The van der Waals surface area contributed by atoms with Crippen LogP contribution in [0.3, 0.4) is 0 Å². The second-order valence-corrected chi connectivity index (χ2v) is 7.85. The molecule has 1 aliphatic carbocycles. The molecule has 1 aromatic rings. The standard InChI is InChI=1S/C20H28N2O3/c1-15(23)21(2)17-7-9-20(10-8-17)14-22(18-12-24-13-18)11-16-5-3-4-6-19(16)25-20/h3-6,17-18H,7-14H2,1-2H3. The quantitative estimate of drug-likeness (QED) is 0.826. The molecule has 2 heterocycles. The first kappa shape index (κ1) is 16.9. The molecule has 0 radical (unpaired) electrons. The summed E-state index contributed by atoms with van der Waals surface area (Å²) < 4.78 is 12.1. The molecule has 0 atom stereocenters. The lowest BCUT2D eigenvalue weighted by atomic mass is 9.80. The Labute approximate surface area is 149 Å². The molecule has 136 valence electrons. The normalized spacial score (nSPS) is 30.1. The van der Waals surface area contributed by atoms with Gasteiger partial charge in [-0.3, -0.25) is 9.69 Å². The van der Waals surface area contributed by atoms with Gasteiger partial charge in [-0.15, -0.1) is 0 Å². The summed E-state index contributed by atoms with van der Waals surface area (Å²) in [5, 5.41) is 0. The minimum absolute atomic E-state index is 0.143. The fourth-order valence-electron chi connectivity index (χ4n) is 4.37. The van der Waals surface area contributed by atoms with E-state index in [1.165, 1.54) is 5.56 Å². The van der Waals surface area contributed by atoms with Crippen LogP contribution in [-0.2, 0) is 16.1 Å². The van der Waals surface area contributed by atoms with Crippen LogP contribution in [0.1, 0.15) is 38.2 Å². The number of nitrogens with zero attached hydrogens (tertiary/aromatic N) is 2. The Morgan fingerprint density at radius 2 is 1.96 bits per heavy atom. The van der Waals surface area contributed by atoms with Gasteiger partial charge in [0, 0.05) is 38.7 Å². The highest BCUT2D eigenvalue weighted by Crippen LogP contribution is 2.40. The Kier molecular flexibility index (Phi) is 4.46. The Bertz CT molecular complexity index is 636. The molecule has 3 aliphatic rings. The van der Waals surface area contributed by atoms with E-state index in [9.17, 15) is 4.79 Å². The molecule has 0 unspecified atom stereocenters. The maximum Gasteiger partial charge on any atom is 0.219 e. The molecule has 1 spiro atoms. The van der Waals surface area contributed by atoms with Crippen LogP contribution >= 0.6 is 0 Å². The lowest BCUT2D eigenvalue weighted by molar-refractivity contribution is -0.132. The average Bonchev–Trinajstić information content (AvgIpc) is 2.69. The second kappa shape index (κ2) is 6.61. The summed E-state index contributed by atoms with van der Waals surface area (Å²) in [5.41, 5.74) is 1.13. The van der Waals surface area contributed by atoms with Gasteiger partial charge in [0.15, 0.2) is 0 Å². The van der Waals surface area contributed by atoms with Crippen LogP contribution in [0, 0.1) is 0 Å². The average molecular weight is 344 g/mol. The van der Waals surface area contributed by atoms with E-state index in [4.69, 9.17) is 9.47 Å². The molecule has 2 aliphatic heterocycles. The molecule has 1 saturated carbocycles. The summed E-state index contributed by atoms with van der Waals surface area (Å²) in [4.78, 5) is 16.1. The largest absolute Gasteiger partial charge is 0.486 e. The number of rotatable bonds is 2. The van der Waals surface area contributed by atoms with E-state index in [0.29, 0.717) is 12.1 Å². The van der Waals surface area contributed by atoms with Crippen LogP contribution in [0.4, 0.5) is 0 Å². The number of fused-ring (bicyclic) bond motifs is 1. The van der Waals surface area contributed by atoms with Crippen molar-refractivity contribution >= 4 is 5.91 Å². The van der Waals surface area contributed by atoms with E-state index < -0.39 is 0 Å². The van der Waals surface area contributed by atoms with E-state index in [-0.39, 0.29) is 11.5 Å². The summed E-state index contributed by atoms with van der Waals surface area (Å²) >= 11 is 0. The predicted octanol–water partition coefficient (Wildman–Crippen LogP) is 2.44. The zero-order valence-corrected chi connectivity index (χ0v) is 15.2. The van der Waals surface area contributed by atoms with Gasteiger partial charge in [-0.1, -0.05) is 18.2 Å². The molecule has 2 fully saturated rings. The second-order valence-electron chi connectivity index (χ2n) is 7.85. The molecule has 1 aromatic carbocycles. The van der Waals surface area contributed by atoms with Gasteiger partial charge in [0.25, 0.3) is 0 Å². The number of para-hydroxylation sites is 1. The minimum atomic E-state index is -0.143. The van der Waals surface area contributed by atoms with Gasteiger partial charge in [0.1, 0.15) is 11.4 Å². The summed E-state index contributed by atoms with van der Waals surface area (Å²) in [6, 6.07) is 9.27. The summed E-state index contributed by atoms with van der Waals surface area (Å²) in [7, 11) is 1.92. The predicted molar refractivity (Wildman–Crippen MR) is 95.5 cm³/mol. The zero-order chi connectivity index (χ0) is 17.4. The highest BCUT2D eigenvalue weighted by Gasteiger charge is 2.44. The third-order valence-corrected chi connectivity index (χ3v) is 6.21. The van der Waals surface area contributed by atoms with Crippen LogP contribution in [0.2, 0.25) is 0 Å². The maximum atomic E-state index is 11.7. The van der Waals surface area contributed by atoms with Crippen molar-refractivity contribution in [3.63, 3.8) is 0 Å². The molecule has 0 N–H and O–H groups in total. The van der Waals surface area contributed by atoms with Gasteiger partial charge in [-0.2, -0.15) is 0 Å². The minimum Gasteiger partial charge on any atom is -0.486 e. The molecule has 4 rings (SSSR count). The first-order valence-electron chi connectivity index (χ1n) is 9.38. The van der Waals surface area contributed by atoms with Crippen molar-refractivity contribution in [3.05, 3.63) is 29.8 Å². The van der Waals surface area contributed by atoms with E-state index >= 15 is 0 Å². The SMILES string of the molecule is CC(=O)N(C)C1CCC2(CC1)CN(C1COC1)Cc1ccccc1O2. The number of ether oxygens (including phenoxy) is 2. The van der Waals surface area contributed by atoms with Crippen LogP contribution < -0.4 is 4.74 Å². The third kappa shape index (κ3) is 3.27. The monoisotopic (exact) mass is 344 g/mol. The number of hydrogen-bond donors (Lipinski definition) is 0. The van der Waals surface area contributed by atoms with Gasteiger partial charge in [0.2, 0.25) is 5.91 Å². The molecule has 0 aromatic heterocycles. The summed E-state index contributed by atoms with van der Waals surface area (Å²) in [5.74, 6) is 1.19. The lowest BCUT2D eigenvalue weighted by Gasteiger charge is -2.45. The van der Waals surface area contributed by atoms with Crippen LogP contribution in [-0.4, -0.2) is 60.2 Å². The van der Waals surface area contributed by atoms with Crippen molar-refractivity contribution in [2.75, 3.05) is 26.8 Å². The third-order valence-electron chi connectivity index (χ3n) is 6.21. The van der Waals surface area contributed by atoms with E-state index in [2.05, 4.69) is 29.2 Å². The number of carbonyl (C=O) groups excluding carboxylic acids is 1. The zero-order valence-electron chi connectivity index (χ0n) is 15.2. The topological polar surface area (TPSA) is 42.0 Å². The first-order valence-corrected chi connectivity index (χ1v) is 9.38. The molecule has 0 bridgehead atoms. The summed E-state index contributed by atoms with van der Waals surface area (Å²) in [6.45, 7) is 5.19. The van der Waals surface area contributed by atoms with Crippen molar-refractivity contribution in [2.24, 2.45) is 0 Å². The van der Waals surface area contributed by atoms with Crippen molar-refractivity contribution in [2.45, 2.75) is 56.8 Å². The van der Waals surface area contributed by atoms with Crippen molar-refractivity contribution in [3.8, 4) is 5.75 Å². The molecule has 5 heteroatoms. The van der Waals surface area contributed by atoms with Crippen LogP contribution in [0.15, 0.2) is 24.3 Å². The Balaban J connectivity index is 1.55. The molecular weight excluding hydrogens is 316 g/mol. The smallest absolute Gasteiger partial charge is 0.219 e. The fourth-order valence-corrected chi connectivity index (χ4v) is 4.37. The Hall–Kier alpha value is -1.59. The van der Waals surface area contributed by atoms with Gasteiger partial charge < -0.3 is 14.4 Å². The van der Waals surface area contributed by atoms with Gasteiger partial charge in [0.05, 0.1) is 19.3 Å². The Morgan fingerprint density at radius 1 is 1.24 bits per heavy atom. The molecule has 5 nitrogen and oxygen atoms in total. The molecular formula is C20H28N2O3. The van der Waals surface area contributed by atoms with Crippen LogP contribution in [0.25, 0.3) is 0 Å². The van der Waals surface area contributed by atoms with Crippen LogP contribution in [0.5, 0.6) is 5.75 Å². The number of carbonyl (C=O) groups is 1. The van der Waals surface area contributed by atoms with E-state index in [1.807, 2.05) is 11.9 Å². The highest BCUT2D eigenvalue weighted by molar-refractivity contribution is 5.73. The van der Waals surface area contributed by atoms with Crippen molar-refractivity contribution in [1.82, 2.24) is 9.80 Å². The van der Waals surface area contributed by atoms with Crippen molar-refractivity contribution < 1.29 is 14.3 Å². The summed E-state index contributed by atoms with van der Waals surface area (Å²) in [6.07, 6.45) is 4.00. The first-order chi connectivity index (χ1) is 12.1. The Morgan fingerprint density at radius 3 is 2.60 bits per heavy atom. The van der Waals surface area contributed by atoms with Gasteiger partial charge in [-0.05, 0) is 31.7 Å². The van der Waals surface area contributed by atoms with Crippen molar-refractivity contribution in [1.29, 1.82) is 0 Å². The van der Waals surface area contributed by atoms with E-state index in [0.717, 1.165) is 57.7 Å². The fraction of sp³-hybridized carbons (Fsp3) is 0.650.